The minimum Gasteiger partial charge on any atom is -0.342 e. The minimum atomic E-state index is 0.514. The topological polar surface area (TPSA) is 54.7 Å². The number of benzene rings is 1. The summed E-state index contributed by atoms with van der Waals surface area (Å²) in [5, 5.41) is 0. The highest BCUT2D eigenvalue weighted by atomic mass is 14.9. The average Bonchev–Trinajstić information content (AvgIpc) is 3.07. The SMILES string of the molecule is CCc1nc2ccc(C(CN)C3CCCC3)cc2[nH]1. The Morgan fingerprint density at radius 2 is 2.16 bits per heavy atom. The number of aromatic amines is 1. The van der Waals surface area contributed by atoms with Crippen molar-refractivity contribution in [2.75, 3.05) is 6.54 Å². The Bertz CT molecular complexity index is 552. The van der Waals surface area contributed by atoms with E-state index < -0.39 is 0 Å². The van der Waals surface area contributed by atoms with E-state index in [2.05, 4.69) is 35.1 Å². The highest BCUT2D eigenvalue weighted by Crippen LogP contribution is 2.37. The van der Waals surface area contributed by atoms with Crippen LogP contribution in [0, 0.1) is 5.92 Å². The van der Waals surface area contributed by atoms with Crippen LogP contribution in [0.1, 0.15) is 49.9 Å². The van der Waals surface area contributed by atoms with Crippen LogP contribution < -0.4 is 5.73 Å². The van der Waals surface area contributed by atoms with E-state index in [0.717, 1.165) is 35.7 Å². The van der Waals surface area contributed by atoms with E-state index in [0.29, 0.717) is 5.92 Å². The fourth-order valence-corrected chi connectivity index (χ4v) is 3.44. The first kappa shape index (κ1) is 12.7. The molecule has 0 aliphatic heterocycles. The highest BCUT2D eigenvalue weighted by Gasteiger charge is 2.25. The molecule has 0 amide bonds. The number of fused-ring (bicyclic) bond motifs is 1. The van der Waals surface area contributed by atoms with Crippen LogP contribution in [-0.4, -0.2) is 16.5 Å². The molecule has 3 N–H and O–H groups in total. The summed E-state index contributed by atoms with van der Waals surface area (Å²) >= 11 is 0. The molecule has 1 aromatic heterocycles. The van der Waals surface area contributed by atoms with Gasteiger partial charge in [-0.25, -0.2) is 4.98 Å². The van der Waals surface area contributed by atoms with Gasteiger partial charge in [0.05, 0.1) is 11.0 Å². The fourth-order valence-electron chi connectivity index (χ4n) is 3.44. The van der Waals surface area contributed by atoms with Crippen LogP contribution in [0.2, 0.25) is 0 Å². The van der Waals surface area contributed by atoms with E-state index >= 15 is 0 Å². The number of aryl methyl sites for hydroxylation is 1. The number of hydrogen-bond acceptors (Lipinski definition) is 2. The monoisotopic (exact) mass is 257 g/mol. The Labute approximate surface area is 114 Å². The summed E-state index contributed by atoms with van der Waals surface area (Å²) in [5.41, 5.74) is 9.65. The number of nitrogens with two attached hydrogens (primary N) is 1. The summed E-state index contributed by atoms with van der Waals surface area (Å²) < 4.78 is 0. The van der Waals surface area contributed by atoms with E-state index in [-0.39, 0.29) is 0 Å². The summed E-state index contributed by atoms with van der Waals surface area (Å²) in [7, 11) is 0. The van der Waals surface area contributed by atoms with Gasteiger partial charge in [0.1, 0.15) is 5.82 Å². The molecule has 3 rings (SSSR count). The predicted octanol–water partition coefficient (Wildman–Crippen LogP) is 3.36. The second-order valence-corrected chi connectivity index (χ2v) is 5.70. The number of rotatable bonds is 4. The lowest BCUT2D eigenvalue weighted by Gasteiger charge is -2.22. The van der Waals surface area contributed by atoms with Gasteiger partial charge in [-0.2, -0.15) is 0 Å². The van der Waals surface area contributed by atoms with Crippen LogP contribution >= 0.6 is 0 Å². The van der Waals surface area contributed by atoms with Gasteiger partial charge >= 0.3 is 0 Å². The minimum absolute atomic E-state index is 0.514. The van der Waals surface area contributed by atoms with Crippen molar-refractivity contribution in [3.63, 3.8) is 0 Å². The Morgan fingerprint density at radius 3 is 2.84 bits per heavy atom. The van der Waals surface area contributed by atoms with E-state index in [1.54, 1.807) is 0 Å². The molecule has 1 aliphatic rings. The molecule has 1 heterocycles. The zero-order chi connectivity index (χ0) is 13.2. The van der Waals surface area contributed by atoms with Crippen molar-refractivity contribution >= 4 is 11.0 Å². The molecule has 1 saturated carbocycles. The van der Waals surface area contributed by atoms with Crippen molar-refractivity contribution in [3.8, 4) is 0 Å². The zero-order valence-electron chi connectivity index (χ0n) is 11.7. The largest absolute Gasteiger partial charge is 0.342 e. The molecule has 19 heavy (non-hydrogen) atoms. The van der Waals surface area contributed by atoms with Crippen LogP contribution in [-0.2, 0) is 6.42 Å². The van der Waals surface area contributed by atoms with Crippen molar-refractivity contribution < 1.29 is 0 Å². The van der Waals surface area contributed by atoms with Gasteiger partial charge in [-0.1, -0.05) is 25.8 Å². The molecule has 0 radical (unpaired) electrons. The maximum absolute atomic E-state index is 6.03. The van der Waals surface area contributed by atoms with Gasteiger partial charge in [-0.3, -0.25) is 0 Å². The summed E-state index contributed by atoms with van der Waals surface area (Å²) in [6, 6.07) is 6.62. The molecule has 1 atom stereocenters. The van der Waals surface area contributed by atoms with Crippen LogP contribution in [0.25, 0.3) is 11.0 Å². The van der Waals surface area contributed by atoms with Crippen molar-refractivity contribution in [2.45, 2.75) is 44.9 Å². The number of H-pyrrole nitrogens is 1. The molecule has 1 aliphatic carbocycles. The maximum atomic E-state index is 6.03. The number of hydrogen-bond donors (Lipinski definition) is 2. The Balaban J connectivity index is 1.93. The van der Waals surface area contributed by atoms with Crippen LogP contribution in [0.15, 0.2) is 18.2 Å². The number of imidazole rings is 1. The van der Waals surface area contributed by atoms with Gasteiger partial charge in [0.15, 0.2) is 0 Å². The lowest BCUT2D eigenvalue weighted by Crippen LogP contribution is -2.19. The fraction of sp³-hybridized carbons (Fsp3) is 0.562. The predicted molar refractivity (Wildman–Crippen MR) is 79.2 cm³/mol. The normalized spacial score (nSPS) is 18.2. The molecule has 1 aromatic carbocycles. The van der Waals surface area contributed by atoms with Crippen molar-refractivity contribution in [3.05, 3.63) is 29.6 Å². The van der Waals surface area contributed by atoms with E-state index in [1.165, 1.54) is 31.2 Å². The zero-order valence-corrected chi connectivity index (χ0v) is 11.7. The molecule has 102 valence electrons. The Hall–Kier alpha value is -1.35. The second kappa shape index (κ2) is 5.33. The van der Waals surface area contributed by atoms with Crippen molar-refractivity contribution in [1.29, 1.82) is 0 Å². The van der Waals surface area contributed by atoms with Gasteiger partial charge in [-0.15, -0.1) is 0 Å². The highest BCUT2D eigenvalue weighted by molar-refractivity contribution is 5.76. The summed E-state index contributed by atoms with van der Waals surface area (Å²) in [4.78, 5) is 7.97. The van der Waals surface area contributed by atoms with Crippen LogP contribution in [0.3, 0.4) is 0 Å². The third-order valence-electron chi connectivity index (χ3n) is 4.54. The van der Waals surface area contributed by atoms with Gasteiger partial charge in [0.25, 0.3) is 0 Å². The maximum Gasteiger partial charge on any atom is 0.106 e. The second-order valence-electron chi connectivity index (χ2n) is 5.70. The first-order valence-electron chi connectivity index (χ1n) is 7.50. The Morgan fingerprint density at radius 1 is 1.37 bits per heavy atom. The lowest BCUT2D eigenvalue weighted by atomic mass is 9.85. The van der Waals surface area contributed by atoms with E-state index in [1.807, 2.05) is 0 Å². The molecule has 3 nitrogen and oxygen atoms in total. The standard InChI is InChI=1S/C16H23N3/c1-2-16-18-14-8-7-12(9-15(14)19-16)13(10-17)11-5-3-4-6-11/h7-9,11,13H,2-6,10,17H2,1H3,(H,18,19). The molecule has 3 heteroatoms. The van der Waals surface area contributed by atoms with Crippen LogP contribution in [0.5, 0.6) is 0 Å². The molecular formula is C16H23N3. The molecular weight excluding hydrogens is 234 g/mol. The van der Waals surface area contributed by atoms with Crippen molar-refractivity contribution in [2.24, 2.45) is 11.7 Å². The summed E-state index contributed by atoms with van der Waals surface area (Å²) in [5.74, 6) is 2.36. The summed E-state index contributed by atoms with van der Waals surface area (Å²) in [6.45, 7) is 2.88. The first-order chi connectivity index (χ1) is 9.31. The van der Waals surface area contributed by atoms with Gasteiger partial charge in [0, 0.05) is 6.42 Å². The molecule has 0 spiro atoms. The molecule has 1 unspecified atom stereocenters. The summed E-state index contributed by atoms with van der Waals surface area (Å²) in [6.07, 6.45) is 6.36. The Kier molecular flexibility index (Phi) is 3.56. The van der Waals surface area contributed by atoms with Gasteiger partial charge in [0.2, 0.25) is 0 Å². The van der Waals surface area contributed by atoms with E-state index in [9.17, 15) is 0 Å². The number of nitrogens with zero attached hydrogens (tertiary/aromatic N) is 1. The molecule has 0 bridgehead atoms. The molecule has 2 aromatic rings. The van der Waals surface area contributed by atoms with Crippen molar-refractivity contribution in [1.82, 2.24) is 9.97 Å². The van der Waals surface area contributed by atoms with Gasteiger partial charge in [-0.05, 0) is 48.9 Å². The first-order valence-corrected chi connectivity index (χ1v) is 7.50. The number of nitrogens with one attached hydrogen (secondary N) is 1. The average molecular weight is 257 g/mol. The lowest BCUT2D eigenvalue weighted by molar-refractivity contribution is 0.440. The molecule has 1 fully saturated rings. The quantitative estimate of drug-likeness (QED) is 0.882. The van der Waals surface area contributed by atoms with Gasteiger partial charge < -0.3 is 10.7 Å². The third kappa shape index (κ3) is 2.39. The molecule has 0 saturated heterocycles. The number of aromatic nitrogens is 2. The van der Waals surface area contributed by atoms with E-state index in [4.69, 9.17) is 5.73 Å². The van der Waals surface area contributed by atoms with Crippen LogP contribution in [0.4, 0.5) is 0 Å². The smallest absolute Gasteiger partial charge is 0.106 e. The third-order valence-corrected chi connectivity index (χ3v) is 4.54.